The van der Waals surface area contributed by atoms with Crippen molar-refractivity contribution in [3.05, 3.63) is 71.4 Å². The zero-order valence-corrected chi connectivity index (χ0v) is 13.7. The SMILES string of the molecule is Cc1ccc(/C=C/C(=O)Nc2ccc3nc(C)cc(N)c3c2)cc1. The lowest BCUT2D eigenvalue weighted by Gasteiger charge is -2.07. The maximum Gasteiger partial charge on any atom is 0.248 e. The Balaban J connectivity index is 1.76. The van der Waals surface area contributed by atoms with Crippen molar-refractivity contribution in [3.63, 3.8) is 0 Å². The first-order valence-corrected chi connectivity index (χ1v) is 7.74. The second-order valence-electron chi connectivity index (χ2n) is 5.82. The van der Waals surface area contributed by atoms with Crippen molar-refractivity contribution in [2.75, 3.05) is 11.1 Å². The molecule has 0 spiro atoms. The highest BCUT2D eigenvalue weighted by atomic mass is 16.1. The van der Waals surface area contributed by atoms with Gasteiger partial charge in [-0.3, -0.25) is 9.78 Å². The lowest BCUT2D eigenvalue weighted by Crippen LogP contribution is -2.07. The molecular weight excluding hydrogens is 298 g/mol. The summed E-state index contributed by atoms with van der Waals surface area (Å²) in [5.74, 6) is -0.187. The van der Waals surface area contributed by atoms with E-state index in [1.807, 2.05) is 62.4 Å². The first-order chi connectivity index (χ1) is 11.5. The molecule has 4 heteroatoms. The van der Waals surface area contributed by atoms with Crippen LogP contribution in [0, 0.1) is 13.8 Å². The third kappa shape index (κ3) is 3.60. The number of aryl methyl sites for hydroxylation is 2. The Morgan fingerprint density at radius 1 is 1.08 bits per heavy atom. The van der Waals surface area contributed by atoms with Crippen molar-refractivity contribution in [2.45, 2.75) is 13.8 Å². The number of nitrogen functional groups attached to an aromatic ring is 1. The van der Waals surface area contributed by atoms with Crippen molar-refractivity contribution in [1.82, 2.24) is 4.98 Å². The molecule has 3 rings (SSSR count). The molecule has 0 aliphatic carbocycles. The van der Waals surface area contributed by atoms with E-state index in [2.05, 4.69) is 10.3 Å². The average Bonchev–Trinajstić information content (AvgIpc) is 2.55. The van der Waals surface area contributed by atoms with Gasteiger partial charge in [-0.05, 0) is 49.8 Å². The lowest BCUT2D eigenvalue weighted by molar-refractivity contribution is -0.111. The number of hydrogen-bond donors (Lipinski definition) is 2. The van der Waals surface area contributed by atoms with Crippen LogP contribution >= 0.6 is 0 Å². The number of nitrogens with one attached hydrogen (secondary N) is 1. The van der Waals surface area contributed by atoms with Gasteiger partial charge in [0, 0.05) is 28.5 Å². The zero-order chi connectivity index (χ0) is 17.1. The van der Waals surface area contributed by atoms with Gasteiger partial charge < -0.3 is 11.1 Å². The summed E-state index contributed by atoms with van der Waals surface area (Å²) in [5.41, 5.74) is 11.3. The van der Waals surface area contributed by atoms with Crippen LogP contribution in [0.1, 0.15) is 16.8 Å². The van der Waals surface area contributed by atoms with Crippen molar-refractivity contribution < 1.29 is 4.79 Å². The number of fused-ring (bicyclic) bond motifs is 1. The van der Waals surface area contributed by atoms with Gasteiger partial charge in [-0.1, -0.05) is 29.8 Å². The molecule has 120 valence electrons. The van der Waals surface area contributed by atoms with Gasteiger partial charge in [-0.15, -0.1) is 0 Å². The van der Waals surface area contributed by atoms with E-state index in [4.69, 9.17) is 5.73 Å². The molecule has 0 unspecified atom stereocenters. The highest BCUT2D eigenvalue weighted by Crippen LogP contribution is 2.24. The molecule has 3 aromatic rings. The summed E-state index contributed by atoms with van der Waals surface area (Å²) in [7, 11) is 0. The Hall–Kier alpha value is -3.14. The highest BCUT2D eigenvalue weighted by molar-refractivity contribution is 6.03. The number of pyridine rings is 1. The summed E-state index contributed by atoms with van der Waals surface area (Å²) in [6.07, 6.45) is 3.31. The number of benzene rings is 2. The molecule has 0 atom stereocenters. The van der Waals surface area contributed by atoms with E-state index in [-0.39, 0.29) is 5.91 Å². The molecule has 24 heavy (non-hydrogen) atoms. The van der Waals surface area contributed by atoms with Crippen LogP contribution in [0.2, 0.25) is 0 Å². The smallest absolute Gasteiger partial charge is 0.248 e. The lowest BCUT2D eigenvalue weighted by atomic mass is 10.1. The Morgan fingerprint density at radius 3 is 2.58 bits per heavy atom. The van der Waals surface area contributed by atoms with Gasteiger partial charge in [0.25, 0.3) is 0 Å². The quantitative estimate of drug-likeness (QED) is 0.715. The largest absolute Gasteiger partial charge is 0.398 e. The first-order valence-electron chi connectivity index (χ1n) is 7.74. The molecule has 4 nitrogen and oxygen atoms in total. The van der Waals surface area contributed by atoms with Crippen LogP contribution < -0.4 is 11.1 Å². The number of nitrogens with zero attached hydrogens (tertiary/aromatic N) is 1. The monoisotopic (exact) mass is 317 g/mol. The first kappa shape index (κ1) is 15.7. The van der Waals surface area contributed by atoms with Gasteiger partial charge in [-0.25, -0.2) is 0 Å². The van der Waals surface area contributed by atoms with Crippen LogP contribution in [-0.4, -0.2) is 10.9 Å². The van der Waals surface area contributed by atoms with E-state index in [1.54, 1.807) is 6.08 Å². The summed E-state index contributed by atoms with van der Waals surface area (Å²) in [4.78, 5) is 16.5. The summed E-state index contributed by atoms with van der Waals surface area (Å²) in [6.45, 7) is 3.93. The molecule has 0 aliphatic rings. The van der Waals surface area contributed by atoms with E-state index in [0.29, 0.717) is 11.4 Å². The number of nitrogens with two attached hydrogens (primary N) is 1. The number of anilines is 2. The summed E-state index contributed by atoms with van der Waals surface area (Å²) in [5, 5.41) is 3.68. The fourth-order valence-corrected chi connectivity index (χ4v) is 2.50. The molecule has 0 radical (unpaired) electrons. The Bertz CT molecular complexity index is 928. The predicted molar refractivity (Wildman–Crippen MR) is 99.7 cm³/mol. The molecule has 2 aromatic carbocycles. The summed E-state index contributed by atoms with van der Waals surface area (Å²) < 4.78 is 0. The Labute approximate surface area is 141 Å². The predicted octanol–water partition coefficient (Wildman–Crippen LogP) is 4.09. The fourth-order valence-electron chi connectivity index (χ4n) is 2.50. The van der Waals surface area contributed by atoms with Crippen molar-refractivity contribution >= 4 is 34.3 Å². The van der Waals surface area contributed by atoms with Crippen LogP contribution in [-0.2, 0) is 4.79 Å². The van der Waals surface area contributed by atoms with E-state index >= 15 is 0 Å². The molecule has 1 amide bonds. The van der Waals surface area contributed by atoms with Gasteiger partial charge in [0.1, 0.15) is 0 Å². The van der Waals surface area contributed by atoms with Gasteiger partial charge in [0.2, 0.25) is 5.91 Å². The average molecular weight is 317 g/mol. The van der Waals surface area contributed by atoms with Crippen molar-refractivity contribution in [2.24, 2.45) is 0 Å². The minimum Gasteiger partial charge on any atom is -0.398 e. The number of hydrogen-bond acceptors (Lipinski definition) is 3. The Kier molecular flexibility index (Phi) is 4.29. The fraction of sp³-hybridized carbons (Fsp3) is 0.100. The van der Waals surface area contributed by atoms with Crippen LogP contribution in [0.4, 0.5) is 11.4 Å². The van der Waals surface area contributed by atoms with Gasteiger partial charge in [0.15, 0.2) is 0 Å². The van der Waals surface area contributed by atoms with Crippen molar-refractivity contribution in [3.8, 4) is 0 Å². The van der Waals surface area contributed by atoms with Gasteiger partial charge >= 0.3 is 0 Å². The molecule has 0 saturated heterocycles. The molecule has 0 bridgehead atoms. The maximum atomic E-state index is 12.1. The zero-order valence-electron chi connectivity index (χ0n) is 13.7. The third-order valence-corrected chi connectivity index (χ3v) is 3.74. The van der Waals surface area contributed by atoms with Crippen LogP contribution in [0.15, 0.2) is 54.6 Å². The standard InChI is InChI=1S/C20H19N3O/c1-13-3-5-15(6-4-13)7-10-20(24)23-16-8-9-19-17(12-16)18(21)11-14(2)22-19/h3-12H,1-2H3,(H2,21,22)(H,23,24)/b10-7+. The number of carbonyl (C=O) groups excluding carboxylic acids is 1. The van der Waals surface area contributed by atoms with E-state index < -0.39 is 0 Å². The second kappa shape index (κ2) is 6.54. The normalized spacial score (nSPS) is 11.1. The van der Waals surface area contributed by atoms with Crippen LogP contribution in [0.25, 0.3) is 17.0 Å². The molecule has 1 aromatic heterocycles. The van der Waals surface area contributed by atoms with E-state index in [0.717, 1.165) is 22.2 Å². The van der Waals surface area contributed by atoms with E-state index in [1.165, 1.54) is 11.6 Å². The molecule has 0 saturated carbocycles. The topological polar surface area (TPSA) is 68.0 Å². The second-order valence-corrected chi connectivity index (χ2v) is 5.82. The maximum absolute atomic E-state index is 12.1. The Morgan fingerprint density at radius 2 is 1.83 bits per heavy atom. The van der Waals surface area contributed by atoms with Gasteiger partial charge in [-0.2, -0.15) is 0 Å². The van der Waals surface area contributed by atoms with Crippen molar-refractivity contribution in [1.29, 1.82) is 0 Å². The minimum atomic E-state index is -0.187. The number of rotatable bonds is 3. The van der Waals surface area contributed by atoms with Gasteiger partial charge in [0.05, 0.1) is 5.52 Å². The number of amides is 1. The third-order valence-electron chi connectivity index (χ3n) is 3.74. The number of carbonyl (C=O) groups is 1. The van der Waals surface area contributed by atoms with Crippen LogP contribution in [0.3, 0.4) is 0 Å². The van der Waals surface area contributed by atoms with E-state index in [9.17, 15) is 4.79 Å². The molecule has 3 N–H and O–H groups in total. The molecular formula is C20H19N3O. The minimum absolute atomic E-state index is 0.187. The highest BCUT2D eigenvalue weighted by Gasteiger charge is 2.04. The summed E-state index contributed by atoms with van der Waals surface area (Å²) in [6, 6.07) is 15.3. The summed E-state index contributed by atoms with van der Waals surface area (Å²) >= 11 is 0. The molecule has 1 heterocycles. The number of aromatic nitrogens is 1. The molecule has 0 aliphatic heterocycles. The molecule has 0 fully saturated rings. The van der Waals surface area contributed by atoms with Crippen LogP contribution in [0.5, 0.6) is 0 Å².